The van der Waals surface area contributed by atoms with Crippen LogP contribution < -0.4 is 5.32 Å². The van der Waals surface area contributed by atoms with E-state index in [1.165, 1.54) is 0 Å². The van der Waals surface area contributed by atoms with Crippen molar-refractivity contribution in [2.45, 2.75) is 20.3 Å². The van der Waals surface area contributed by atoms with E-state index in [0.717, 1.165) is 31.8 Å². The number of nitrogens with one attached hydrogen (secondary N) is 1. The molecule has 0 bridgehead atoms. The molecular formula is C11H18N2O. The molecule has 1 amide bonds. The van der Waals surface area contributed by atoms with Crippen LogP contribution in [0.4, 0.5) is 0 Å². The molecule has 0 aromatic rings. The highest BCUT2D eigenvalue weighted by Crippen LogP contribution is 2.40. The molecule has 3 nitrogen and oxygen atoms in total. The Morgan fingerprint density at radius 2 is 2.21 bits per heavy atom. The number of carbonyl (C=O) groups is 1. The lowest BCUT2D eigenvalue weighted by Crippen LogP contribution is -2.60. The first-order valence-electron chi connectivity index (χ1n) is 5.23. The third-order valence-electron chi connectivity index (χ3n) is 3.00. The molecule has 2 fully saturated rings. The summed E-state index contributed by atoms with van der Waals surface area (Å²) in [4.78, 5) is 14.0. The van der Waals surface area contributed by atoms with Crippen LogP contribution in [0.5, 0.6) is 0 Å². The molecule has 2 rings (SSSR count). The van der Waals surface area contributed by atoms with Gasteiger partial charge in [0.15, 0.2) is 0 Å². The van der Waals surface area contributed by atoms with Gasteiger partial charge in [0.05, 0.1) is 5.41 Å². The summed E-state index contributed by atoms with van der Waals surface area (Å²) < 4.78 is 0. The smallest absolute Gasteiger partial charge is 0.233 e. The van der Waals surface area contributed by atoms with Crippen molar-refractivity contribution < 1.29 is 4.79 Å². The van der Waals surface area contributed by atoms with Crippen molar-refractivity contribution in [1.82, 2.24) is 10.2 Å². The zero-order valence-electron chi connectivity index (χ0n) is 8.97. The molecule has 2 heterocycles. The fraction of sp³-hybridized carbons (Fsp3) is 0.727. The highest BCUT2D eigenvalue weighted by Gasteiger charge is 2.52. The molecule has 0 aliphatic carbocycles. The second-order valence-corrected chi connectivity index (χ2v) is 5.08. The molecule has 2 aliphatic rings. The van der Waals surface area contributed by atoms with E-state index < -0.39 is 0 Å². The molecule has 2 aliphatic heterocycles. The van der Waals surface area contributed by atoms with Crippen molar-refractivity contribution in [1.29, 1.82) is 0 Å². The normalized spacial score (nSPS) is 25.6. The molecule has 14 heavy (non-hydrogen) atoms. The Hall–Kier alpha value is -0.830. The van der Waals surface area contributed by atoms with E-state index in [1.807, 2.05) is 0 Å². The van der Waals surface area contributed by atoms with Gasteiger partial charge in [0.25, 0.3) is 0 Å². The first kappa shape index (κ1) is 9.71. The third kappa shape index (κ3) is 1.46. The standard InChI is InChI=1S/C11H18N2O/c1-8(2)5-13-6-11(7-13)4-9(3)12-10(11)14/h8H,3-7H2,1-2H3,(H,12,14). The highest BCUT2D eigenvalue weighted by atomic mass is 16.2. The van der Waals surface area contributed by atoms with Gasteiger partial charge >= 0.3 is 0 Å². The molecule has 0 atom stereocenters. The lowest BCUT2D eigenvalue weighted by Gasteiger charge is -2.46. The zero-order valence-corrected chi connectivity index (χ0v) is 8.97. The van der Waals surface area contributed by atoms with E-state index in [2.05, 4.69) is 30.6 Å². The molecule has 0 aromatic carbocycles. The summed E-state index contributed by atoms with van der Waals surface area (Å²) in [6, 6.07) is 0. The fourth-order valence-corrected chi connectivity index (χ4v) is 2.54. The lowest BCUT2D eigenvalue weighted by molar-refractivity contribution is -0.137. The van der Waals surface area contributed by atoms with Gasteiger partial charge in [-0.1, -0.05) is 20.4 Å². The molecule has 78 valence electrons. The second-order valence-electron chi connectivity index (χ2n) is 5.08. The summed E-state index contributed by atoms with van der Waals surface area (Å²) in [5.74, 6) is 0.863. The van der Waals surface area contributed by atoms with Gasteiger partial charge in [0, 0.05) is 31.8 Å². The molecule has 3 heteroatoms. The topological polar surface area (TPSA) is 32.3 Å². The third-order valence-corrected chi connectivity index (χ3v) is 3.00. The Kier molecular flexibility index (Phi) is 2.14. The van der Waals surface area contributed by atoms with Crippen LogP contribution in [-0.4, -0.2) is 30.4 Å². The minimum absolute atomic E-state index is 0.119. The van der Waals surface area contributed by atoms with Gasteiger partial charge in [-0.3, -0.25) is 4.79 Å². The summed E-state index contributed by atoms with van der Waals surface area (Å²) in [5.41, 5.74) is 0.769. The Bertz CT molecular complexity index is 277. The fourth-order valence-electron chi connectivity index (χ4n) is 2.54. The minimum Gasteiger partial charge on any atom is -0.330 e. The molecular weight excluding hydrogens is 176 g/mol. The summed E-state index contributed by atoms with van der Waals surface area (Å²) >= 11 is 0. The zero-order chi connectivity index (χ0) is 10.3. The number of carbonyl (C=O) groups excluding carboxylic acids is 1. The molecule has 0 radical (unpaired) electrons. The van der Waals surface area contributed by atoms with Crippen molar-refractivity contribution in [3.63, 3.8) is 0 Å². The van der Waals surface area contributed by atoms with E-state index in [-0.39, 0.29) is 11.3 Å². The summed E-state index contributed by atoms with van der Waals surface area (Å²) in [6.45, 7) is 11.2. The molecule has 1 spiro atoms. The average molecular weight is 194 g/mol. The minimum atomic E-state index is -0.119. The number of likely N-dealkylation sites (tertiary alicyclic amines) is 1. The van der Waals surface area contributed by atoms with Gasteiger partial charge in [0.1, 0.15) is 0 Å². The second kappa shape index (κ2) is 3.09. The maximum atomic E-state index is 11.6. The van der Waals surface area contributed by atoms with Crippen molar-refractivity contribution in [2.75, 3.05) is 19.6 Å². The van der Waals surface area contributed by atoms with Crippen LogP contribution in [0.15, 0.2) is 12.3 Å². The van der Waals surface area contributed by atoms with Crippen LogP contribution in [-0.2, 0) is 4.79 Å². The van der Waals surface area contributed by atoms with Crippen molar-refractivity contribution in [3.8, 4) is 0 Å². The monoisotopic (exact) mass is 194 g/mol. The van der Waals surface area contributed by atoms with Gasteiger partial charge in [-0.15, -0.1) is 0 Å². The van der Waals surface area contributed by atoms with Gasteiger partial charge in [-0.05, 0) is 5.92 Å². The number of amides is 1. The molecule has 0 saturated carbocycles. The maximum absolute atomic E-state index is 11.6. The van der Waals surface area contributed by atoms with Gasteiger partial charge in [-0.25, -0.2) is 0 Å². The number of hydrogen-bond acceptors (Lipinski definition) is 2. The first-order chi connectivity index (χ1) is 6.52. The van der Waals surface area contributed by atoms with Gasteiger partial charge < -0.3 is 10.2 Å². The van der Waals surface area contributed by atoms with Gasteiger partial charge in [-0.2, -0.15) is 0 Å². The quantitative estimate of drug-likeness (QED) is 0.710. The van der Waals surface area contributed by atoms with Crippen LogP contribution >= 0.6 is 0 Å². The first-order valence-corrected chi connectivity index (χ1v) is 5.23. The van der Waals surface area contributed by atoms with Crippen molar-refractivity contribution >= 4 is 5.91 Å². The van der Waals surface area contributed by atoms with E-state index in [9.17, 15) is 4.79 Å². The molecule has 1 N–H and O–H groups in total. The number of nitrogens with zero attached hydrogens (tertiary/aromatic N) is 1. The predicted octanol–water partition coefficient (Wildman–Crippen LogP) is 0.978. The SMILES string of the molecule is C=C1CC2(CN(CC(C)C)C2)C(=O)N1. The van der Waals surface area contributed by atoms with Gasteiger partial charge in [0.2, 0.25) is 5.91 Å². The molecule has 0 aromatic heterocycles. The van der Waals surface area contributed by atoms with Crippen LogP contribution in [0, 0.1) is 11.3 Å². The Morgan fingerprint density at radius 3 is 2.64 bits per heavy atom. The Labute approximate surface area is 85.2 Å². The van der Waals surface area contributed by atoms with Crippen LogP contribution in [0.25, 0.3) is 0 Å². The predicted molar refractivity (Wildman–Crippen MR) is 55.6 cm³/mol. The lowest BCUT2D eigenvalue weighted by atomic mass is 9.77. The Balaban J connectivity index is 1.92. The van der Waals surface area contributed by atoms with Crippen molar-refractivity contribution in [3.05, 3.63) is 12.3 Å². The van der Waals surface area contributed by atoms with E-state index in [1.54, 1.807) is 0 Å². The van der Waals surface area contributed by atoms with Crippen LogP contribution in [0.1, 0.15) is 20.3 Å². The summed E-state index contributed by atoms with van der Waals surface area (Å²) in [7, 11) is 0. The van der Waals surface area contributed by atoms with Crippen molar-refractivity contribution in [2.24, 2.45) is 11.3 Å². The van der Waals surface area contributed by atoms with Crippen LogP contribution in [0.2, 0.25) is 0 Å². The summed E-state index contributed by atoms with van der Waals surface area (Å²) in [6.07, 6.45) is 0.834. The molecule has 0 unspecified atom stereocenters. The number of allylic oxidation sites excluding steroid dienone is 1. The molecule has 2 saturated heterocycles. The Morgan fingerprint density at radius 1 is 1.57 bits per heavy atom. The summed E-state index contributed by atoms with van der Waals surface area (Å²) in [5, 5.41) is 2.82. The highest BCUT2D eigenvalue weighted by molar-refractivity contribution is 5.88. The number of rotatable bonds is 2. The maximum Gasteiger partial charge on any atom is 0.233 e. The largest absolute Gasteiger partial charge is 0.330 e. The number of hydrogen-bond donors (Lipinski definition) is 1. The van der Waals surface area contributed by atoms with E-state index in [4.69, 9.17) is 0 Å². The van der Waals surface area contributed by atoms with Crippen LogP contribution in [0.3, 0.4) is 0 Å². The van der Waals surface area contributed by atoms with E-state index >= 15 is 0 Å². The average Bonchev–Trinajstić information content (AvgIpc) is 2.24. The van der Waals surface area contributed by atoms with E-state index in [0.29, 0.717) is 5.92 Å².